The van der Waals surface area contributed by atoms with E-state index in [1.165, 1.54) is 0 Å². The van der Waals surface area contributed by atoms with E-state index in [1.807, 2.05) is 31.2 Å². The number of benzene rings is 1. The second kappa shape index (κ2) is 5.70. The summed E-state index contributed by atoms with van der Waals surface area (Å²) in [6, 6.07) is 7.48. The summed E-state index contributed by atoms with van der Waals surface area (Å²) in [4.78, 5) is 0. The molecule has 0 aliphatic rings. The van der Waals surface area contributed by atoms with Crippen LogP contribution in [0.4, 0.5) is 0 Å². The van der Waals surface area contributed by atoms with E-state index in [9.17, 15) is 5.11 Å². The normalized spacial score (nSPS) is 15.1. The molecule has 1 nitrogen and oxygen atoms in total. The number of rotatable bonds is 5. The van der Waals surface area contributed by atoms with Crippen LogP contribution in [0.1, 0.15) is 45.6 Å². The van der Waals surface area contributed by atoms with Crippen molar-refractivity contribution < 1.29 is 5.11 Å². The molecule has 1 atom stereocenters. The second-order valence-electron chi connectivity index (χ2n) is 4.67. The average Bonchev–Trinajstić information content (AvgIpc) is 2.26. The zero-order valence-corrected chi connectivity index (χ0v) is 11.1. The van der Waals surface area contributed by atoms with Crippen molar-refractivity contribution in [3.8, 4) is 0 Å². The lowest BCUT2D eigenvalue weighted by atomic mass is 9.84. The van der Waals surface area contributed by atoms with E-state index < -0.39 is 5.60 Å². The number of halogens is 1. The van der Waals surface area contributed by atoms with Crippen molar-refractivity contribution >= 4 is 11.6 Å². The van der Waals surface area contributed by atoms with E-state index in [1.54, 1.807) is 0 Å². The molecule has 1 aromatic rings. The van der Waals surface area contributed by atoms with Crippen LogP contribution in [0.2, 0.25) is 5.02 Å². The molecule has 0 aliphatic heterocycles. The maximum Gasteiger partial charge on any atom is 0.0871 e. The van der Waals surface area contributed by atoms with Crippen molar-refractivity contribution in [3.63, 3.8) is 0 Å². The van der Waals surface area contributed by atoms with Crippen molar-refractivity contribution in [1.29, 1.82) is 0 Å². The average molecular weight is 241 g/mol. The summed E-state index contributed by atoms with van der Waals surface area (Å²) in [6.07, 6.45) is 3.03. The molecular weight excluding hydrogens is 220 g/mol. The predicted molar refractivity (Wildman–Crippen MR) is 69.7 cm³/mol. The topological polar surface area (TPSA) is 20.2 Å². The molecule has 0 bridgehead atoms. The molecule has 0 saturated carbocycles. The molecule has 0 amide bonds. The first-order chi connectivity index (χ1) is 7.49. The van der Waals surface area contributed by atoms with Crippen molar-refractivity contribution in [2.24, 2.45) is 5.92 Å². The molecule has 0 spiro atoms. The Balaban J connectivity index is 2.80. The summed E-state index contributed by atoms with van der Waals surface area (Å²) in [6.45, 7) is 6.23. The van der Waals surface area contributed by atoms with Gasteiger partial charge >= 0.3 is 0 Å². The Kier molecular flexibility index (Phi) is 4.82. The Morgan fingerprint density at radius 1 is 1.19 bits per heavy atom. The quantitative estimate of drug-likeness (QED) is 0.810. The van der Waals surface area contributed by atoms with Gasteiger partial charge in [0.25, 0.3) is 0 Å². The van der Waals surface area contributed by atoms with Gasteiger partial charge < -0.3 is 5.11 Å². The van der Waals surface area contributed by atoms with Crippen molar-refractivity contribution in [1.82, 2.24) is 0 Å². The van der Waals surface area contributed by atoms with Crippen LogP contribution in [-0.4, -0.2) is 5.11 Å². The van der Waals surface area contributed by atoms with Crippen LogP contribution in [0.15, 0.2) is 24.3 Å². The van der Waals surface area contributed by atoms with E-state index in [-0.39, 0.29) is 0 Å². The molecule has 0 heterocycles. The molecule has 0 radical (unpaired) electrons. The van der Waals surface area contributed by atoms with Crippen LogP contribution in [-0.2, 0) is 5.60 Å². The number of hydrogen-bond donors (Lipinski definition) is 1. The molecule has 0 aromatic heterocycles. The van der Waals surface area contributed by atoms with Gasteiger partial charge in [-0.25, -0.2) is 0 Å². The lowest BCUT2D eigenvalue weighted by Gasteiger charge is -2.28. The fourth-order valence-electron chi connectivity index (χ4n) is 2.07. The second-order valence-corrected chi connectivity index (χ2v) is 5.10. The molecule has 2 heteroatoms. The van der Waals surface area contributed by atoms with Gasteiger partial charge in [-0.2, -0.15) is 0 Å². The first-order valence-corrected chi connectivity index (χ1v) is 6.35. The minimum atomic E-state index is -0.749. The van der Waals surface area contributed by atoms with E-state index in [0.29, 0.717) is 10.9 Å². The Morgan fingerprint density at radius 2 is 1.69 bits per heavy atom. The van der Waals surface area contributed by atoms with Crippen molar-refractivity contribution in [2.45, 2.75) is 45.6 Å². The van der Waals surface area contributed by atoms with Crippen LogP contribution < -0.4 is 0 Å². The monoisotopic (exact) mass is 240 g/mol. The third kappa shape index (κ3) is 3.50. The van der Waals surface area contributed by atoms with Gasteiger partial charge in [-0.1, -0.05) is 50.4 Å². The summed E-state index contributed by atoms with van der Waals surface area (Å²) < 4.78 is 0. The molecule has 1 aromatic carbocycles. The molecule has 0 aliphatic carbocycles. The minimum Gasteiger partial charge on any atom is -0.385 e. The SMILES string of the molecule is CCC(CC)CC(C)(O)c1ccc(Cl)cc1. The predicted octanol–water partition coefficient (Wildman–Crippen LogP) is 4.37. The number of aliphatic hydroxyl groups is 1. The lowest BCUT2D eigenvalue weighted by molar-refractivity contribution is 0.0286. The zero-order valence-electron chi connectivity index (χ0n) is 10.3. The van der Waals surface area contributed by atoms with Crippen LogP contribution in [0.25, 0.3) is 0 Å². The standard InChI is InChI=1S/C14H21ClO/c1-4-11(5-2)10-14(3,16)12-6-8-13(15)9-7-12/h6-9,11,16H,4-5,10H2,1-3H3. The van der Waals surface area contributed by atoms with E-state index >= 15 is 0 Å². The smallest absolute Gasteiger partial charge is 0.0871 e. The highest BCUT2D eigenvalue weighted by atomic mass is 35.5. The fourth-order valence-corrected chi connectivity index (χ4v) is 2.19. The Hall–Kier alpha value is -0.530. The van der Waals surface area contributed by atoms with Gasteiger partial charge in [0, 0.05) is 5.02 Å². The van der Waals surface area contributed by atoms with Crippen molar-refractivity contribution in [3.05, 3.63) is 34.9 Å². The highest BCUT2D eigenvalue weighted by molar-refractivity contribution is 6.30. The minimum absolute atomic E-state index is 0.575. The molecular formula is C14H21ClO. The van der Waals surface area contributed by atoms with Gasteiger partial charge in [-0.05, 0) is 37.0 Å². The Morgan fingerprint density at radius 3 is 2.12 bits per heavy atom. The molecule has 90 valence electrons. The zero-order chi connectivity index (χ0) is 12.2. The largest absolute Gasteiger partial charge is 0.385 e. The van der Waals surface area contributed by atoms with E-state index in [4.69, 9.17) is 11.6 Å². The van der Waals surface area contributed by atoms with Gasteiger partial charge in [-0.3, -0.25) is 0 Å². The molecule has 1 rings (SSSR count). The first-order valence-electron chi connectivity index (χ1n) is 5.98. The fraction of sp³-hybridized carbons (Fsp3) is 0.571. The van der Waals surface area contributed by atoms with E-state index in [0.717, 1.165) is 24.8 Å². The molecule has 0 fully saturated rings. The summed E-state index contributed by atoms with van der Waals surface area (Å²) in [5.41, 5.74) is 0.199. The molecule has 16 heavy (non-hydrogen) atoms. The number of hydrogen-bond acceptors (Lipinski definition) is 1. The van der Waals surface area contributed by atoms with Crippen LogP contribution >= 0.6 is 11.6 Å². The summed E-state index contributed by atoms with van der Waals surface area (Å²) in [7, 11) is 0. The summed E-state index contributed by atoms with van der Waals surface area (Å²) in [5.74, 6) is 0.575. The van der Waals surface area contributed by atoms with Crippen LogP contribution in [0, 0.1) is 5.92 Å². The first kappa shape index (κ1) is 13.5. The van der Waals surface area contributed by atoms with Gasteiger partial charge in [0.2, 0.25) is 0 Å². The summed E-state index contributed by atoms with van der Waals surface area (Å²) in [5, 5.41) is 11.2. The third-order valence-corrected chi connectivity index (χ3v) is 3.56. The van der Waals surface area contributed by atoms with Crippen molar-refractivity contribution in [2.75, 3.05) is 0 Å². The van der Waals surface area contributed by atoms with Crippen LogP contribution in [0.3, 0.4) is 0 Å². The maximum atomic E-state index is 10.5. The third-order valence-electron chi connectivity index (χ3n) is 3.31. The highest BCUT2D eigenvalue weighted by Crippen LogP contribution is 2.31. The Labute approximate surface area is 103 Å². The molecule has 1 N–H and O–H groups in total. The maximum absolute atomic E-state index is 10.5. The lowest BCUT2D eigenvalue weighted by Crippen LogP contribution is -2.24. The van der Waals surface area contributed by atoms with Gasteiger partial charge in [-0.15, -0.1) is 0 Å². The van der Waals surface area contributed by atoms with E-state index in [2.05, 4.69) is 13.8 Å². The highest BCUT2D eigenvalue weighted by Gasteiger charge is 2.25. The molecule has 0 saturated heterocycles. The van der Waals surface area contributed by atoms with Gasteiger partial charge in [0.1, 0.15) is 0 Å². The summed E-state index contributed by atoms with van der Waals surface area (Å²) >= 11 is 5.84. The Bertz CT molecular complexity index is 312. The molecule has 1 unspecified atom stereocenters. The van der Waals surface area contributed by atoms with Gasteiger partial charge in [0.05, 0.1) is 5.60 Å². The van der Waals surface area contributed by atoms with Gasteiger partial charge in [0.15, 0.2) is 0 Å². The van der Waals surface area contributed by atoms with Crippen LogP contribution in [0.5, 0.6) is 0 Å².